The van der Waals surface area contributed by atoms with Gasteiger partial charge in [-0.3, -0.25) is 19.5 Å². The molecule has 0 bridgehead atoms. The molecule has 2 fully saturated rings. The molecule has 3 amide bonds. The fourth-order valence-electron chi connectivity index (χ4n) is 5.74. The summed E-state index contributed by atoms with van der Waals surface area (Å²) in [5.41, 5.74) is -1.18. The molecule has 10 nitrogen and oxygen atoms in total. The van der Waals surface area contributed by atoms with E-state index in [4.69, 9.17) is 0 Å². The topological polar surface area (TPSA) is 115 Å². The number of piperidine rings is 1. The van der Waals surface area contributed by atoms with E-state index in [1.54, 1.807) is 25.8 Å². The fraction of sp³-hybridized carbons (Fsp3) is 0.414. The summed E-state index contributed by atoms with van der Waals surface area (Å²) < 4.78 is 53.8. The number of aromatic nitrogens is 3. The summed E-state index contributed by atoms with van der Waals surface area (Å²) in [5, 5.41) is 9.12. The van der Waals surface area contributed by atoms with Crippen LogP contribution in [0.2, 0.25) is 0 Å². The standard InChI is InChI=1S/C29H31F4N7O3/c1-17(2)23(36-25(41)21-14-19(29(31,32)33)6-9-22(21)30)26(42)39-12-10-28(11-13-39)27(43)38(3)16-40(28)20-7-4-18(5-8-20)24-34-15-35-37-24/h4-9,14-15,17,23H,10-13,16H2,1-3H3,(H,36,41)(H,34,35,37). The van der Waals surface area contributed by atoms with Gasteiger partial charge in [0.1, 0.15) is 23.7 Å². The van der Waals surface area contributed by atoms with Gasteiger partial charge in [-0.25, -0.2) is 9.37 Å². The van der Waals surface area contributed by atoms with E-state index in [-0.39, 0.29) is 19.0 Å². The summed E-state index contributed by atoms with van der Waals surface area (Å²) in [6.45, 7) is 4.14. The Kier molecular flexibility index (Phi) is 7.88. The summed E-state index contributed by atoms with van der Waals surface area (Å²) in [5.74, 6) is -2.58. The number of likely N-dealkylation sites (N-methyl/N-ethyl adjacent to an activating group) is 1. The van der Waals surface area contributed by atoms with Crippen LogP contribution in [0.1, 0.15) is 42.6 Å². The number of anilines is 1. The average molecular weight is 602 g/mol. The van der Waals surface area contributed by atoms with Gasteiger partial charge in [0.25, 0.3) is 5.91 Å². The van der Waals surface area contributed by atoms with Gasteiger partial charge in [0, 0.05) is 31.4 Å². The van der Waals surface area contributed by atoms with Crippen LogP contribution in [0.3, 0.4) is 0 Å². The second-order valence-electron chi connectivity index (χ2n) is 11.2. The number of aromatic amines is 1. The highest BCUT2D eigenvalue weighted by atomic mass is 19.4. The summed E-state index contributed by atoms with van der Waals surface area (Å²) in [6, 6.07) is 8.03. The van der Waals surface area contributed by atoms with Crippen LogP contribution in [0, 0.1) is 11.7 Å². The lowest BCUT2D eigenvalue weighted by atomic mass is 9.85. The number of alkyl halides is 3. The van der Waals surface area contributed by atoms with Gasteiger partial charge in [-0.15, -0.1) is 0 Å². The molecule has 43 heavy (non-hydrogen) atoms. The highest BCUT2D eigenvalue weighted by molar-refractivity contribution is 5.98. The maximum atomic E-state index is 14.4. The van der Waals surface area contributed by atoms with Gasteiger partial charge in [0.05, 0.1) is 17.8 Å². The number of H-pyrrole nitrogens is 1. The number of hydrogen-bond acceptors (Lipinski definition) is 6. The number of benzene rings is 2. The van der Waals surface area contributed by atoms with Crippen molar-refractivity contribution in [2.75, 3.05) is 31.7 Å². The van der Waals surface area contributed by atoms with Crippen molar-refractivity contribution in [2.45, 2.75) is 44.4 Å². The van der Waals surface area contributed by atoms with Crippen LogP contribution >= 0.6 is 0 Å². The zero-order chi connectivity index (χ0) is 31.1. The number of carbonyl (C=O) groups is 3. The van der Waals surface area contributed by atoms with Crippen molar-refractivity contribution >= 4 is 23.4 Å². The van der Waals surface area contributed by atoms with Crippen molar-refractivity contribution in [3.63, 3.8) is 0 Å². The first kappa shape index (κ1) is 30.0. The number of rotatable bonds is 6. The van der Waals surface area contributed by atoms with Crippen molar-refractivity contribution in [2.24, 2.45) is 5.92 Å². The van der Waals surface area contributed by atoms with Gasteiger partial charge < -0.3 is 20.0 Å². The molecule has 0 radical (unpaired) electrons. The van der Waals surface area contributed by atoms with E-state index >= 15 is 0 Å². The molecule has 2 aromatic carbocycles. The number of likely N-dealkylation sites (tertiary alicyclic amines) is 1. The molecule has 3 heterocycles. The predicted molar refractivity (Wildman–Crippen MR) is 148 cm³/mol. The number of halogens is 4. The molecule has 228 valence electrons. The van der Waals surface area contributed by atoms with Crippen molar-refractivity contribution in [3.05, 3.63) is 65.7 Å². The van der Waals surface area contributed by atoms with Gasteiger partial charge in [-0.05, 0) is 61.2 Å². The first-order chi connectivity index (χ1) is 20.3. The Morgan fingerprint density at radius 3 is 2.33 bits per heavy atom. The molecule has 0 aliphatic carbocycles. The third kappa shape index (κ3) is 5.65. The maximum absolute atomic E-state index is 14.4. The van der Waals surface area contributed by atoms with E-state index in [9.17, 15) is 31.9 Å². The van der Waals surface area contributed by atoms with Gasteiger partial charge >= 0.3 is 6.18 Å². The molecule has 2 aliphatic heterocycles. The normalized spacial score (nSPS) is 17.6. The molecule has 1 unspecified atom stereocenters. The third-order valence-corrected chi connectivity index (χ3v) is 8.14. The molecule has 3 aromatic rings. The van der Waals surface area contributed by atoms with Crippen LogP contribution in [0.4, 0.5) is 23.2 Å². The van der Waals surface area contributed by atoms with Gasteiger partial charge in [-0.2, -0.15) is 18.3 Å². The molecule has 0 saturated carbocycles. The highest BCUT2D eigenvalue weighted by Crippen LogP contribution is 2.39. The molecular weight excluding hydrogens is 570 g/mol. The molecule has 14 heteroatoms. The van der Waals surface area contributed by atoms with Crippen molar-refractivity contribution in [1.29, 1.82) is 0 Å². The van der Waals surface area contributed by atoms with Crippen LogP contribution < -0.4 is 10.2 Å². The summed E-state index contributed by atoms with van der Waals surface area (Å²) in [4.78, 5) is 49.3. The molecule has 1 atom stereocenters. The molecule has 1 spiro atoms. The minimum absolute atomic E-state index is 0.0624. The molecule has 5 rings (SSSR count). The van der Waals surface area contributed by atoms with Crippen molar-refractivity contribution in [1.82, 2.24) is 30.3 Å². The van der Waals surface area contributed by atoms with Crippen LogP contribution in [0.15, 0.2) is 48.8 Å². The largest absolute Gasteiger partial charge is 0.416 e. The third-order valence-electron chi connectivity index (χ3n) is 8.14. The molecule has 2 N–H and O–H groups in total. The Labute approximate surface area is 245 Å². The number of nitrogens with zero attached hydrogens (tertiary/aromatic N) is 5. The Balaban J connectivity index is 1.31. The lowest BCUT2D eigenvalue weighted by molar-refractivity contribution is -0.139. The van der Waals surface area contributed by atoms with Gasteiger partial charge in [0.2, 0.25) is 11.8 Å². The van der Waals surface area contributed by atoms with Crippen LogP contribution in [0.5, 0.6) is 0 Å². The fourth-order valence-corrected chi connectivity index (χ4v) is 5.74. The van der Waals surface area contributed by atoms with Crippen LogP contribution in [0.25, 0.3) is 11.4 Å². The zero-order valence-electron chi connectivity index (χ0n) is 23.8. The Morgan fingerprint density at radius 2 is 1.74 bits per heavy atom. The van der Waals surface area contributed by atoms with E-state index in [2.05, 4.69) is 20.5 Å². The number of amides is 3. The molecule has 1 aromatic heterocycles. The molecular formula is C29H31F4N7O3. The second kappa shape index (κ2) is 11.3. The second-order valence-corrected chi connectivity index (χ2v) is 11.2. The van der Waals surface area contributed by atoms with E-state index < -0.39 is 52.4 Å². The minimum Gasteiger partial charge on any atom is -0.341 e. The Bertz CT molecular complexity index is 1500. The number of hydrogen-bond donors (Lipinski definition) is 2. The zero-order valence-corrected chi connectivity index (χ0v) is 23.8. The first-order valence-corrected chi connectivity index (χ1v) is 13.8. The number of nitrogens with one attached hydrogen (secondary N) is 2. The monoisotopic (exact) mass is 601 g/mol. The van der Waals surface area contributed by atoms with Crippen LogP contribution in [-0.2, 0) is 15.8 Å². The first-order valence-electron chi connectivity index (χ1n) is 13.8. The van der Waals surface area contributed by atoms with Crippen molar-refractivity contribution in [3.8, 4) is 11.4 Å². The summed E-state index contributed by atoms with van der Waals surface area (Å²) in [6.07, 6.45) is -2.70. The van der Waals surface area contributed by atoms with E-state index in [0.29, 0.717) is 43.5 Å². The predicted octanol–water partition coefficient (Wildman–Crippen LogP) is 3.68. The maximum Gasteiger partial charge on any atom is 0.416 e. The van der Waals surface area contributed by atoms with E-state index in [1.165, 1.54) is 11.2 Å². The highest BCUT2D eigenvalue weighted by Gasteiger charge is 2.53. The van der Waals surface area contributed by atoms with Crippen LogP contribution in [-0.4, -0.2) is 81.1 Å². The average Bonchev–Trinajstić information content (AvgIpc) is 3.59. The van der Waals surface area contributed by atoms with E-state index in [0.717, 1.165) is 11.3 Å². The quantitative estimate of drug-likeness (QED) is 0.417. The Hall–Kier alpha value is -4.49. The van der Waals surface area contributed by atoms with Gasteiger partial charge in [0.15, 0.2) is 5.82 Å². The van der Waals surface area contributed by atoms with E-state index in [1.807, 2.05) is 29.2 Å². The smallest absolute Gasteiger partial charge is 0.341 e. The molecule has 2 aliphatic rings. The lowest BCUT2D eigenvalue weighted by Crippen LogP contribution is -2.60. The SMILES string of the molecule is CC(C)C(NC(=O)c1cc(C(F)(F)F)ccc1F)C(=O)N1CCC2(CC1)C(=O)N(C)CN2c1ccc(-c2ncn[nH]2)cc1. The Morgan fingerprint density at radius 1 is 1.07 bits per heavy atom. The summed E-state index contributed by atoms with van der Waals surface area (Å²) >= 11 is 0. The minimum atomic E-state index is -4.77. The summed E-state index contributed by atoms with van der Waals surface area (Å²) in [7, 11) is 1.72. The lowest BCUT2D eigenvalue weighted by Gasteiger charge is -2.44. The molecule has 2 saturated heterocycles. The van der Waals surface area contributed by atoms with Gasteiger partial charge in [-0.1, -0.05) is 13.8 Å². The van der Waals surface area contributed by atoms with Crippen molar-refractivity contribution < 1.29 is 31.9 Å². The number of carbonyl (C=O) groups excluding carboxylic acids is 3.